The van der Waals surface area contributed by atoms with Gasteiger partial charge < -0.3 is 0 Å². The van der Waals surface area contributed by atoms with Crippen LogP contribution in [0.1, 0.15) is 33.1 Å². The summed E-state index contributed by atoms with van der Waals surface area (Å²) in [5.74, 6) is 0.815. The molecule has 0 N–H and O–H groups in total. The third-order valence-electron chi connectivity index (χ3n) is 2.51. The van der Waals surface area contributed by atoms with E-state index < -0.39 is 0 Å². The van der Waals surface area contributed by atoms with E-state index in [1.54, 1.807) is 0 Å². The van der Waals surface area contributed by atoms with Crippen molar-refractivity contribution < 1.29 is 0 Å². The van der Waals surface area contributed by atoms with Gasteiger partial charge in [-0.15, -0.1) is 0 Å². The van der Waals surface area contributed by atoms with E-state index in [1.807, 2.05) is 0 Å². The number of hydrogen-bond donors (Lipinski definition) is 0. The maximum Gasteiger partial charge on any atom is 0.0573 e. The maximum absolute atomic E-state index is 4.09. The third-order valence-corrected chi connectivity index (χ3v) is 2.51. The minimum absolute atomic E-state index is 0.151. The van der Waals surface area contributed by atoms with Gasteiger partial charge in [-0.3, -0.25) is 4.99 Å². The fourth-order valence-electron chi connectivity index (χ4n) is 1.24. The van der Waals surface area contributed by atoms with E-state index in [0.29, 0.717) is 0 Å². The summed E-state index contributed by atoms with van der Waals surface area (Å²) >= 11 is 0. The highest BCUT2D eigenvalue weighted by molar-refractivity contribution is 5.26. The smallest absolute Gasteiger partial charge is 0.0573 e. The molecule has 0 aromatic heterocycles. The lowest BCUT2D eigenvalue weighted by Crippen LogP contribution is -2.33. The second-order valence-electron chi connectivity index (χ2n) is 3.44. The summed E-state index contributed by atoms with van der Waals surface area (Å²) in [6.45, 7) is 7.93. The first-order chi connectivity index (χ1) is 4.17. The molecule has 0 unspecified atom stereocenters. The largest absolute Gasteiger partial charge is 0.295 e. The van der Waals surface area contributed by atoms with E-state index in [-0.39, 0.29) is 5.54 Å². The normalized spacial score (nSPS) is 21.1. The van der Waals surface area contributed by atoms with Crippen LogP contribution in [0.4, 0.5) is 0 Å². The van der Waals surface area contributed by atoms with E-state index in [0.717, 1.165) is 5.92 Å². The first-order valence-electron chi connectivity index (χ1n) is 3.65. The van der Waals surface area contributed by atoms with Crippen LogP contribution in [0.5, 0.6) is 0 Å². The molecule has 0 amide bonds. The van der Waals surface area contributed by atoms with Gasteiger partial charge in [0.1, 0.15) is 0 Å². The van der Waals surface area contributed by atoms with Gasteiger partial charge in [0.25, 0.3) is 0 Å². The molecule has 0 atom stereocenters. The Bertz CT molecular complexity index is 112. The molecule has 0 saturated heterocycles. The van der Waals surface area contributed by atoms with E-state index in [1.165, 1.54) is 19.3 Å². The van der Waals surface area contributed by atoms with E-state index >= 15 is 0 Å². The van der Waals surface area contributed by atoms with Crippen LogP contribution in [0.15, 0.2) is 4.99 Å². The van der Waals surface area contributed by atoms with Gasteiger partial charge >= 0.3 is 0 Å². The number of hydrogen-bond acceptors (Lipinski definition) is 1. The summed E-state index contributed by atoms with van der Waals surface area (Å²) in [6, 6.07) is 0. The van der Waals surface area contributed by atoms with Crippen molar-refractivity contribution in [2.45, 2.75) is 38.6 Å². The minimum atomic E-state index is 0.151. The van der Waals surface area contributed by atoms with Crippen LogP contribution in [-0.4, -0.2) is 12.3 Å². The van der Waals surface area contributed by atoms with Crippen molar-refractivity contribution in [3.63, 3.8) is 0 Å². The molecule has 1 aliphatic carbocycles. The zero-order valence-corrected chi connectivity index (χ0v) is 6.35. The quantitative estimate of drug-likeness (QED) is 0.502. The molecule has 0 aromatic rings. The van der Waals surface area contributed by atoms with Crippen molar-refractivity contribution in [2.75, 3.05) is 0 Å². The Morgan fingerprint density at radius 2 is 2.00 bits per heavy atom. The molecule has 1 nitrogen and oxygen atoms in total. The summed E-state index contributed by atoms with van der Waals surface area (Å²) < 4.78 is 0. The zero-order valence-electron chi connectivity index (χ0n) is 6.35. The number of aliphatic imine (C=N–C) groups is 1. The van der Waals surface area contributed by atoms with Crippen LogP contribution in [-0.2, 0) is 0 Å². The zero-order chi connectivity index (χ0) is 6.91. The lowest BCUT2D eigenvalue weighted by molar-refractivity contribution is 0.201. The topological polar surface area (TPSA) is 12.4 Å². The number of rotatable bonds is 2. The monoisotopic (exact) mass is 125 g/mol. The van der Waals surface area contributed by atoms with Crippen molar-refractivity contribution in [1.82, 2.24) is 0 Å². The highest BCUT2D eigenvalue weighted by Crippen LogP contribution is 2.37. The predicted molar refractivity (Wildman–Crippen MR) is 41.0 cm³/mol. The summed E-state index contributed by atoms with van der Waals surface area (Å²) in [7, 11) is 0. The van der Waals surface area contributed by atoms with Gasteiger partial charge in [0.2, 0.25) is 0 Å². The third kappa shape index (κ3) is 1.15. The molecule has 0 radical (unpaired) electrons. The van der Waals surface area contributed by atoms with Crippen LogP contribution in [0.2, 0.25) is 0 Å². The molecule has 52 valence electrons. The highest BCUT2D eigenvalue weighted by atomic mass is 14.8. The van der Waals surface area contributed by atoms with Gasteiger partial charge in [-0.05, 0) is 39.3 Å². The average Bonchev–Trinajstić information content (AvgIpc) is 1.60. The molecule has 9 heavy (non-hydrogen) atoms. The Morgan fingerprint density at radius 3 is 2.11 bits per heavy atom. The van der Waals surface area contributed by atoms with Gasteiger partial charge in [-0.25, -0.2) is 0 Å². The molecule has 1 fully saturated rings. The molecular formula is C8H15N. The van der Waals surface area contributed by atoms with Crippen molar-refractivity contribution in [2.24, 2.45) is 10.9 Å². The fraction of sp³-hybridized carbons (Fsp3) is 0.875. The van der Waals surface area contributed by atoms with Crippen LogP contribution in [0, 0.1) is 5.92 Å². The Kier molecular flexibility index (Phi) is 1.60. The second-order valence-corrected chi connectivity index (χ2v) is 3.44. The van der Waals surface area contributed by atoms with E-state index in [9.17, 15) is 0 Å². The summed E-state index contributed by atoms with van der Waals surface area (Å²) in [5, 5.41) is 0. The first-order valence-corrected chi connectivity index (χ1v) is 3.65. The average molecular weight is 125 g/mol. The lowest BCUT2D eigenvalue weighted by Gasteiger charge is -2.37. The molecule has 1 aliphatic rings. The van der Waals surface area contributed by atoms with Crippen LogP contribution in [0.3, 0.4) is 0 Å². The summed E-state index contributed by atoms with van der Waals surface area (Å²) in [5.41, 5.74) is 0.151. The van der Waals surface area contributed by atoms with E-state index in [2.05, 4.69) is 25.6 Å². The van der Waals surface area contributed by atoms with Crippen molar-refractivity contribution in [1.29, 1.82) is 0 Å². The van der Waals surface area contributed by atoms with Crippen LogP contribution >= 0.6 is 0 Å². The minimum Gasteiger partial charge on any atom is -0.295 e. The van der Waals surface area contributed by atoms with Crippen molar-refractivity contribution in [3.8, 4) is 0 Å². The Hall–Kier alpha value is -0.330. The Labute approximate surface area is 57.2 Å². The molecule has 0 spiro atoms. The lowest BCUT2D eigenvalue weighted by atomic mass is 9.73. The SMILES string of the molecule is C=NC(C)(C)C1CCC1. The Morgan fingerprint density at radius 1 is 1.44 bits per heavy atom. The molecule has 1 heteroatoms. The van der Waals surface area contributed by atoms with Crippen molar-refractivity contribution in [3.05, 3.63) is 0 Å². The van der Waals surface area contributed by atoms with Gasteiger partial charge in [-0.2, -0.15) is 0 Å². The Balaban J connectivity index is 2.46. The molecule has 1 rings (SSSR count). The molecule has 0 aliphatic heterocycles. The molecule has 0 bridgehead atoms. The molecule has 0 aromatic carbocycles. The predicted octanol–water partition coefficient (Wildman–Crippen LogP) is 2.27. The van der Waals surface area contributed by atoms with Gasteiger partial charge in [-0.1, -0.05) is 6.42 Å². The van der Waals surface area contributed by atoms with Crippen molar-refractivity contribution >= 4 is 6.72 Å². The van der Waals surface area contributed by atoms with Crippen LogP contribution < -0.4 is 0 Å². The highest BCUT2D eigenvalue weighted by Gasteiger charge is 2.32. The second kappa shape index (κ2) is 2.13. The summed E-state index contributed by atoms with van der Waals surface area (Å²) in [6.07, 6.45) is 4.10. The van der Waals surface area contributed by atoms with Gasteiger partial charge in [0.05, 0.1) is 5.54 Å². The van der Waals surface area contributed by atoms with Gasteiger partial charge in [0, 0.05) is 0 Å². The van der Waals surface area contributed by atoms with Gasteiger partial charge in [0.15, 0.2) is 0 Å². The molecular weight excluding hydrogens is 110 g/mol. The number of nitrogens with zero attached hydrogens (tertiary/aromatic N) is 1. The van der Waals surface area contributed by atoms with E-state index in [4.69, 9.17) is 0 Å². The molecule has 1 saturated carbocycles. The fourth-order valence-corrected chi connectivity index (χ4v) is 1.24. The first kappa shape index (κ1) is 6.79. The molecule has 0 heterocycles. The van der Waals surface area contributed by atoms with Crippen LogP contribution in [0.25, 0.3) is 0 Å². The summed E-state index contributed by atoms with van der Waals surface area (Å²) in [4.78, 5) is 4.09. The standard InChI is InChI=1S/C8H15N/c1-8(2,9-3)7-5-4-6-7/h7H,3-6H2,1-2H3. The maximum atomic E-state index is 4.09.